The molecular formula is C68H108O26. The van der Waals surface area contributed by atoms with E-state index >= 15 is 0 Å². The molecule has 7 rings (SSSR count). The summed E-state index contributed by atoms with van der Waals surface area (Å²) in [7, 11) is 0. The zero-order chi connectivity index (χ0) is 68.2. The van der Waals surface area contributed by atoms with Gasteiger partial charge >= 0.3 is 23.9 Å². The van der Waals surface area contributed by atoms with Crippen LogP contribution in [0.2, 0.25) is 0 Å². The second-order valence-electron chi connectivity index (χ2n) is 26.1. The third kappa shape index (κ3) is 21.3. The van der Waals surface area contributed by atoms with Crippen molar-refractivity contribution in [3.05, 3.63) is 42.0 Å². The van der Waals surface area contributed by atoms with E-state index in [-0.39, 0.29) is 25.4 Å². The molecule has 6 saturated heterocycles. The number of carbonyl (C=O) groups excluding carboxylic acids is 4. The molecule has 6 heterocycles. The molecule has 0 bridgehead atoms. The second-order valence-corrected chi connectivity index (χ2v) is 26.1. The van der Waals surface area contributed by atoms with Crippen molar-refractivity contribution in [1.29, 1.82) is 0 Å². The normalized spacial score (nSPS) is 39.4. The molecule has 0 aromatic heterocycles. The first-order valence-electron chi connectivity index (χ1n) is 34.5. The average molecular weight is 1340 g/mol. The Bertz CT molecular complexity index is 2440. The molecule has 6 aliphatic heterocycles. The van der Waals surface area contributed by atoms with Crippen molar-refractivity contribution in [2.45, 2.75) is 343 Å². The highest BCUT2D eigenvalue weighted by Crippen LogP contribution is 2.40. The molecule has 0 saturated carbocycles. The molecule has 26 nitrogen and oxygen atoms in total. The highest BCUT2D eigenvalue weighted by molar-refractivity contribution is 5.87. The molecule has 0 radical (unpaired) electrons. The zero-order valence-electron chi connectivity index (χ0n) is 55.9. The van der Waals surface area contributed by atoms with Gasteiger partial charge in [-0.2, -0.15) is 0 Å². The maximum Gasteiger partial charge on any atom is 0.331 e. The van der Waals surface area contributed by atoms with Gasteiger partial charge in [0, 0.05) is 18.9 Å². The number of carbonyl (C=O) groups is 4. The minimum absolute atomic E-state index is 0.0221. The summed E-state index contributed by atoms with van der Waals surface area (Å²) in [5, 5.41) is 92.0. The van der Waals surface area contributed by atoms with Gasteiger partial charge in [0.2, 0.25) is 0 Å². The molecule has 6 aliphatic rings. The molecule has 1 aromatic carbocycles. The third-order valence-corrected chi connectivity index (χ3v) is 18.6. The lowest BCUT2D eigenvalue weighted by molar-refractivity contribution is -0.400. The number of rotatable bonds is 24. The molecule has 1 aromatic rings. The summed E-state index contributed by atoms with van der Waals surface area (Å²) in [6.07, 6.45) is -23.9. The molecule has 0 spiro atoms. The number of benzene rings is 1. The number of fused-ring (bicyclic) bond motifs is 2. The Labute approximate surface area is 552 Å². The van der Waals surface area contributed by atoms with Gasteiger partial charge in [-0.05, 0) is 71.4 Å². The van der Waals surface area contributed by atoms with E-state index in [9.17, 15) is 60.0 Å². The number of hydrogen-bond acceptors (Lipinski definition) is 26. The van der Waals surface area contributed by atoms with Crippen molar-refractivity contribution < 1.29 is 126 Å². The Hall–Kier alpha value is -3.88. The molecule has 8 N–H and O–H groups in total. The van der Waals surface area contributed by atoms with Gasteiger partial charge in [-0.3, -0.25) is 14.4 Å². The van der Waals surface area contributed by atoms with Crippen LogP contribution in [0, 0.1) is 5.92 Å². The average Bonchev–Trinajstić information content (AvgIpc) is 0.774. The standard InChI is InChI=1S/C68H108O26/c1-9-12-14-18-26-32-45(70)87-56-40(7)82-65(54(79)58(56)88-47(72)35-34-42-28-23-21-24-29-42)92-57-41(8)84-68(62(90-63(80)37(4)11-3)61(57)94-64-52(77)50(75)49(74)44(36-69)86-64)91-55-39(6)83-67-60(53(55)78)89-46(71)33-27-20-17-15-16-19-25-31-43(30-22-13-10-2)85-66-59(93-67)51(76)48(73)38(5)81-66/h21,23-24,28-29,34-35,37-41,43-44,48-62,64-69,73-79H,9-20,22,25-27,30-33,36H2,1-8H3/t37-,38+,39-,40-,41-,43-,44+,48-,49+,50-,51-,52+,53+,54+,55-,56-,57-,58-,59+,60+,61+,62+,64-,65-,66-,67-,68-/m0/s1. The predicted octanol–water partition coefficient (Wildman–Crippen LogP) is 5.01. The molecule has 0 amide bonds. The van der Waals surface area contributed by atoms with E-state index in [1.165, 1.54) is 26.8 Å². The molecular weight excluding hydrogens is 1230 g/mol. The van der Waals surface area contributed by atoms with Gasteiger partial charge in [0.15, 0.2) is 55.9 Å². The first kappa shape index (κ1) is 77.5. The van der Waals surface area contributed by atoms with E-state index in [0.717, 1.165) is 89.5 Å². The van der Waals surface area contributed by atoms with Gasteiger partial charge in [-0.25, -0.2) is 4.79 Å². The molecule has 27 atom stereocenters. The van der Waals surface area contributed by atoms with Crippen LogP contribution in [0.1, 0.15) is 189 Å². The smallest absolute Gasteiger partial charge is 0.331 e. The maximum absolute atomic E-state index is 14.3. The Morgan fingerprint density at radius 2 is 1.15 bits per heavy atom. The summed E-state index contributed by atoms with van der Waals surface area (Å²) in [4.78, 5) is 55.5. The number of unbranched alkanes of at least 4 members (excludes halogenated alkanes) is 6. The zero-order valence-corrected chi connectivity index (χ0v) is 55.9. The number of hydrogen-bond donors (Lipinski definition) is 8. The van der Waals surface area contributed by atoms with Crippen LogP contribution in [0.25, 0.3) is 6.08 Å². The summed E-state index contributed by atoms with van der Waals surface area (Å²) >= 11 is 0. The lowest BCUT2D eigenvalue weighted by Gasteiger charge is -2.51. The van der Waals surface area contributed by atoms with E-state index in [1.54, 1.807) is 51.1 Å². The van der Waals surface area contributed by atoms with E-state index in [4.69, 9.17) is 66.3 Å². The van der Waals surface area contributed by atoms with Crippen LogP contribution in [0.4, 0.5) is 0 Å². The lowest BCUT2D eigenvalue weighted by atomic mass is 9.95. The monoisotopic (exact) mass is 1340 g/mol. The van der Waals surface area contributed by atoms with Gasteiger partial charge < -0.3 is 107 Å². The third-order valence-electron chi connectivity index (χ3n) is 18.6. The van der Waals surface area contributed by atoms with Gasteiger partial charge in [-0.1, -0.05) is 141 Å². The topological polar surface area (TPSA) is 359 Å². The van der Waals surface area contributed by atoms with Crippen molar-refractivity contribution in [2.24, 2.45) is 5.92 Å². The van der Waals surface area contributed by atoms with Crippen LogP contribution in [0.15, 0.2) is 36.4 Å². The number of esters is 4. The highest BCUT2D eigenvalue weighted by atomic mass is 16.8. The Balaban J connectivity index is 1.24. The van der Waals surface area contributed by atoms with E-state index in [1.807, 2.05) is 0 Å². The van der Waals surface area contributed by atoms with Gasteiger partial charge in [0.05, 0.1) is 43.0 Å². The molecule has 94 heavy (non-hydrogen) atoms. The summed E-state index contributed by atoms with van der Waals surface area (Å²) < 4.78 is 88.9. The SMILES string of the molecule is CCCCCCCC(=O)O[C@@H]1[C@@H](OC(=O)C=Cc2ccccc2)[C@@H](O)[C@H](O[C@@H]2[C@@H](O[C@@H]3O[C@H](CO)[C@@H](O)[C@H](O)[C@H]3O)[C@@H](OC(=O)[C@@H](C)CC)[C@H](O[C@@H]3[C@@H](O)[C@H]4OC(=O)CCCCCCCCC[C@H](CCCCC)O[C@@H]5O[C@H](C)[C@H](O)[C@H](O)[C@H]5O[C@@H]4O[C@H]3C)O[C@H]2C)O[C@H]1C. The summed E-state index contributed by atoms with van der Waals surface area (Å²) in [6, 6.07) is 8.85. The van der Waals surface area contributed by atoms with E-state index in [2.05, 4.69) is 13.8 Å². The molecule has 0 unspecified atom stereocenters. The van der Waals surface area contributed by atoms with Crippen LogP contribution < -0.4 is 0 Å². The van der Waals surface area contributed by atoms with E-state index in [0.29, 0.717) is 31.2 Å². The van der Waals surface area contributed by atoms with Crippen LogP contribution in [0.5, 0.6) is 0 Å². The van der Waals surface area contributed by atoms with Crippen molar-refractivity contribution in [3.8, 4) is 0 Å². The van der Waals surface area contributed by atoms with Crippen molar-refractivity contribution in [1.82, 2.24) is 0 Å². The van der Waals surface area contributed by atoms with Crippen molar-refractivity contribution >= 4 is 30.0 Å². The quantitative estimate of drug-likeness (QED) is 0.0292. The minimum Gasteiger partial charge on any atom is -0.455 e. The van der Waals surface area contributed by atoms with Crippen LogP contribution in [-0.4, -0.2) is 231 Å². The molecule has 0 aliphatic carbocycles. The predicted molar refractivity (Wildman–Crippen MR) is 333 cm³/mol. The maximum atomic E-state index is 14.3. The van der Waals surface area contributed by atoms with Gasteiger partial charge in [0.25, 0.3) is 0 Å². The second kappa shape index (κ2) is 38.5. The molecule has 536 valence electrons. The largest absolute Gasteiger partial charge is 0.455 e. The Morgan fingerprint density at radius 3 is 1.85 bits per heavy atom. The number of aliphatic hydroxyl groups is 8. The van der Waals surface area contributed by atoms with Crippen LogP contribution in [0.3, 0.4) is 0 Å². The highest BCUT2D eigenvalue weighted by Gasteiger charge is 2.59. The fourth-order valence-corrected chi connectivity index (χ4v) is 12.7. The van der Waals surface area contributed by atoms with E-state index < -0.39 is 190 Å². The summed E-state index contributed by atoms with van der Waals surface area (Å²) in [6.45, 7) is 12.7. The first-order chi connectivity index (χ1) is 45.1. The Morgan fingerprint density at radius 1 is 0.543 bits per heavy atom. The molecule has 6 fully saturated rings. The first-order valence-corrected chi connectivity index (χ1v) is 34.5. The van der Waals surface area contributed by atoms with Crippen molar-refractivity contribution in [2.75, 3.05) is 6.61 Å². The minimum atomic E-state index is -2.06. The van der Waals surface area contributed by atoms with Crippen LogP contribution in [-0.2, 0) is 85.5 Å². The summed E-state index contributed by atoms with van der Waals surface area (Å²) in [5.41, 5.74) is 0.654. The number of aliphatic hydroxyl groups excluding tert-OH is 8. The Kier molecular flexibility index (Phi) is 31.7. The fraction of sp³-hybridized carbons (Fsp3) is 0.824. The lowest BCUT2D eigenvalue weighted by Crippen LogP contribution is -2.68. The number of ether oxygens (including phenoxy) is 14. The summed E-state index contributed by atoms with van der Waals surface area (Å²) in [5.74, 6) is -3.95. The fourth-order valence-electron chi connectivity index (χ4n) is 12.7. The van der Waals surface area contributed by atoms with Gasteiger partial charge in [-0.15, -0.1) is 0 Å². The van der Waals surface area contributed by atoms with Gasteiger partial charge in [0.1, 0.15) is 73.2 Å². The van der Waals surface area contributed by atoms with Crippen LogP contribution >= 0.6 is 0 Å². The molecule has 26 heteroatoms. The van der Waals surface area contributed by atoms with Crippen molar-refractivity contribution in [3.63, 3.8) is 0 Å².